The van der Waals surface area contributed by atoms with Gasteiger partial charge in [-0.05, 0) is 27.7 Å². The summed E-state index contributed by atoms with van der Waals surface area (Å²) in [6.07, 6.45) is 0. The Labute approximate surface area is 103 Å². The molecule has 2 unspecified atom stereocenters. The number of aliphatic hydroxyl groups is 1. The molecule has 0 aromatic heterocycles. The van der Waals surface area contributed by atoms with Gasteiger partial charge in [-0.2, -0.15) is 0 Å². The molecule has 0 aliphatic carbocycles. The largest absolute Gasteiger partial charge is 0.361 e. The summed E-state index contributed by atoms with van der Waals surface area (Å²) >= 11 is 0. The monoisotopic (exact) mass is 235 g/mol. The van der Waals surface area contributed by atoms with Crippen LogP contribution in [0.5, 0.6) is 0 Å². The number of nitrogens with one attached hydrogen (secondary N) is 1. The Morgan fingerprint density at radius 3 is 2.71 bits per heavy atom. The summed E-state index contributed by atoms with van der Waals surface area (Å²) in [5.74, 6) is -1.23. The van der Waals surface area contributed by atoms with Gasteiger partial charge in [-0.25, -0.2) is 0 Å². The summed E-state index contributed by atoms with van der Waals surface area (Å²) in [6.45, 7) is 8.58. The van der Waals surface area contributed by atoms with Crippen LogP contribution in [0.3, 0.4) is 0 Å². The normalized spacial score (nSPS) is 32.4. The van der Waals surface area contributed by atoms with Gasteiger partial charge in [0.1, 0.15) is 0 Å². The molecule has 1 fully saturated rings. The molecule has 17 heavy (non-hydrogen) atoms. The van der Waals surface area contributed by atoms with E-state index in [0.717, 1.165) is 11.1 Å². The zero-order chi connectivity index (χ0) is 12.7. The zero-order valence-corrected chi connectivity index (χ0v) is 10.9. The van der Waals surface area contributed by atoms with E-state index in [0.29, 0.717) is 6.61 Å². The number of aryl methyl sites for hydroxylation is 1. The van der Waals surface area contributed by atoms with E-state index >= 15 is 0 Å². The maximum absolute atomic E-state index is 10.7. The quantitative estimate of drug-likeness (QED) is 0.781. The first-order valence-electron chi connectivity index (χ1n) is 6.05. The summed E-state index contributed by atoms with van der Waals surface area (Å²) in [5, 5.41) is 14.1. The van der Waals surface area contributed by atoms with E-state index in [1.54, 1.807) is 0 Å². The van der Waals surface area contributed by atoms with E-state index in [2.05, 4.69) is 19.2 Å². The van der Waals surface area contributed by atoms with Crippen LogP contribution in [0.15, 0.2) is 24.3 Å². The van der Waals surface area contributed by atoms with Crippen LogP contribution in [0.1, 0.15) is 31.9 Å². The third-order valence-electron chi connectivity index (χ3n) is 3.28. The van der Waals surface area contributed by atoms with Gasteiger partial charge in [0, 0.05) is 11.1 Å². The number of benzene rings is 1. The van der Waals surface area contributed by atoms with Gasteiger partial charge in [-0.15, -0.1) is 0 Å². The Bertz CT molecular complexity index is 416. The van der Waals surface area contributed by atoms with E-state index in [1.807, 2.05) is 38.1 Å². The van der Waals surface area contributed by atoms with Crippen molar-refractivity contribution in [1.82, 2.24) is 5.32 Å². The molecular weight excluding hydrogens is 214 g/mol. The molecular formula is C14H21NO2. The van der Waals surface area contributed by atoms with E-state index in [-0.39, 0.29) is 11.6 Å². The van der Waals surface area contributed by atoms with Crippen molar-refractivity contribution in [1.29, 1.82) is 0 Å². The Kier molecular flexibility index (Phi) is 3.02. The summed E-state index contributed by atoms with van der Waals surface area (Å²) in [4.78, 5) is 0. The van der Waals surface area contributed by atoms with Crippen molar-refractivity contribution in [2.45, 2.75) is 45.1 Å². The number of morpholine rings is 1. The van der Waals surface area contributed by atoms with Crippen LogP contribution in [0, 0.1) is 6.92 Å². The molecule has 2 N–H and O–H groups in total. The maximum atomic E-state index is 10.7. The second-order valence-corrected chi connectivity index (χ2v) is 5.60. The number of rotatable bonds is 1. The summed E-state index contributed by atoms with van der Waals surface area (Å²) in [7, 11) is 0. The third-order valence-corrected chi connectivity index (χ3v) is 3.28. The zero-order valence-electron chi connectivity index (χ0n) is 10.9. The van der Waals surface area contributed by atoms with Gasteiger partial charge in [0.05, 0.1) is 12.6 Å². The Morgan fingerprint density at radius 2 is 2.12 bits per heavy atom. The van der Waals surface area contributed by atoms with E-state index in [9.17, 15) is 5.11 Å². The van der Waals surface area contributed by atoms with Crippen LogP contribution in [-0.4, -0.2) is 23.3 Å². The van der Waals surface area contributed by atoms with Crippen LogP contribution in [0.25, 0.3) is 0 Å². The van der Waals surface area contributed by atoms with Crippen molar-refractivity contribution >= 4 is 0 Å². The van der Waals surface area contributed by atoms with Crippen molar-refractivity contribution in [3.63, 3.8) is 0 Å². The van der Waals surface area contributed by atoms with Crippen LogP contribution < -0.4 is 5.32 Å². The first kappa shape index (κ1) is 12.6. The first-order chi connectivity index (χ1) is 7.83. The molecule has 0 amide bonds. The lowest BCUT2D eigenvalue weighted by molar-refractivity contribution is -0.263. The molecule has 1 aliphatic heterocycles. The highest BCUT2D eigenvalue weighted by molar-refractivity contribution is 5.27. The summed E-state index contributed by atoms with van der Waals surface area (Å²) in [6, 6.07) is 7.68. The fourth-order valence-electron chi connectivity index (χ4n) is 2.34. The third kappa shape index (κ3) is 2.37. The van der Waals surface area contributed by atoms with Gasteiger partial charge in [-0.1, -0.05) is 29.8 Å². The highest BCUT2D eigenvalue weighted by Crippen LogP contribution is 2.32. The van der Waals surface area contributed by atoms with E-state index in [1.165, 1.54) is 0 Å². The molecule has 1 aromatic carbocycles. The first-order valence-corrected chi connectivity index (χ1v) is 6.05. The predicted molar refractivity (Wildman–Crippen MR) is 67.7 cm³/mol. The molecule has 1 aliphatic rings. The fraction of sp³-hybridized carbons (Fsp3) is 0.571. The predicted octanol–water partition coefficient (Wildman–Crippen LogP) is 1.93. The van der Waals surface area contributed by atoms with Crippen molar-refractivity contribution in [3.8, 4) is 0 Å². The van der Waals surface area contributed by atoms with Gasteiger partial charge >= 0.3 is 0 Å². The number of ether oxygens (including phenoxy) is 1. The van der Waals surface area contributed by atoms with Crippen molar-refractivity contribution < 1.29 is 9.84 Å². The Hall–Kier alpha value is -0.900. The Balaban J connectivity index is 2.31. The van der Waals surface area contributed by atoms with E-state index in [4.69, 9.17) is 4.74 Å². The molecule has 3 heteroatoms. The lowest BCUT2D eigenvalue weighted by atomic mass is 9.92. The average Bonchev–Trinajstić information content (AvgIpc) is 2.24. The smallest absolute Gasteiger partial charge is 0.208 e. The lowest BCUT2D eigenvalue weighted by Crippen LogP contribution is -2.63. The average molecular weight is 235 g/mol. The Morgan fingerprint density at radius 1 is 1.41 bits per heavy atom. The minimum Gasteiger partial charge on any atom is -0.361 e. The van der Waals surface area contributed by atoms with Gasteiger partial charge in [0.25, 0.3) is 0 Å². The van der Waals surface area contributed by atoms with Crippen molar-refractivity contribution in [3.05, 3.63) is 35.4 Å². The molecule has 1 saturated heterocycles. The van der Waals surface area contributed by atoms with Crippen molar-refractivity contribution in [2.24, 2.45) is 0 Å². The van der Waals surface area contributed by atoms with Crippen LogP contribution >= 0.6 is 0 Å². The highest BCUT2D eigenvalue weighted by atomic mass is 16.6. The van der Waals surface area contributed by atoms with E-state index < -0.39 is 5.79 Å². The van der Waals surface area contributed by atoms with Gasteiger partial charge in [0.2, 0.25) is 5.79 Å². The molecule has 94 valence electrons. The summed E-state index contributed by atoms with van der Waals surface area (Å²) in [5.41, 5.74) is 1.83. The minimum absolute atomic E-state index is 0.102. The lowest BCUT2D eigenvalue weighted by Gasteiger charge is -2.46. The minimum atomic E-state index is -1.23. The standard InChI is InChI=1S/C14H21NO2/c1-10-6-5-7-12(8-10)14(16)11(2)15-13(3,4)9-17-14/h5-8,11,15-16H,9H2,1-4H3. The van der Waals surface area contributed by atoms with Gasteiger partial charge in [0.15, 0.2) is 0 Å². The number of hydrogen-bond acceptors (Lipinski definition) is 3. The molecule has 0 radical (unpaired) electrons. The fourth-order valence-corrected chi connectivity index (χ4v) is 2.34. The molecule has 0 spiro atoms. The van der Waals surface area contributed by atoms with Crippen LogP contribution in [0.2, 0.25) is 0 Å². The topological polar surface area (TPSA) is 41.5 Å². The van der Waals surface area contributed by atoms with Crippen LogP contribution in [-0.2, 0) is 10.5 Å². The SMILES string of the molecule is Cc1cccc(C2(O)OCC(C)(C)NC2C)c1. The molecule has 0 bridgehead atoms. The molecule has 0 saturated carbocycles. The highest BCUT2D eigenvalue weighted by Gasteiger charge is 2.44. The second kappa shape index (κ2) is 4.09. The number of hydrogen-bond donors (Lipinski definition) is 2. The molecule has 1 aromatic rings. The molecule has 1 heterocycles. The maximum Gasteiger partial charge on any atom is 0.208 e. The summed E-state index contributed by atoms with van der Waals surface area (Å²) < 4.78 is 5.73. The van der Waals surface area contributed by atoms with Crippen molar-refractivity contribution in [2.75, 3.05) is 6.61 Å². The van der Waals surface area contributed by atoms with Gasteiger partial charge < -0.3 is 15.2 Å². The molecule has 2 rings (SSSR count). The molecule has 2 atom stereocenters. The van der Waals surface area contributed by atoms with Crippen LogP contribution in [0.4, 0.5) is 0 Å². The van der Waals surface area contributed by atoms with Gasteiger partial charge in [-0.3, -0.25) is 0 Å². The molecule has 3 nitrogen and oxygen atoms in total. The second-order valence-electron chi connectivity index (χ2n) is 5.60.